The van der Waals surface area contributed by atoms with Crippen LogP contribution in [0.3, 0.4) is 0 Å². The zero-order valence-electron chi connectivity index (χ0n) is 12.3. The molecule has 3 rings (SSSR count). The first-order valence-corrected chi connectivity index (χ1v) is 7.23. The monoisotopic (exact) mass is 285 g/mol. The summed E-state index contributed by atoms with van der Waals surface area (Å²) >= 11 is 0. The van der Waals surface area contributed by atoms with Crippen LogP contribution in [0.25, 0.3) is 0 Å². The molecule has 1 aliphatic rings. The van der Waals surface area contributed by atoms with Crippen LogP contribution in [-0.2, 0) is 17.8 Å². The molecular formula is C15H19N5O. The summed E-state index contributed by atoms with van der Waals surface area (Å²) in [5, 5.41) is 7.30. The van der Waals surface area contributed by atoms with Crippen LogP contribution < -0.4 is 5.32 Å². The van der Waals surface area contributed by atoms with Gasteiger partial charge in [0.05, 0.1) is 11.7 Å². The lowest BCUT2D eigenvalue weighted by molar-refractivity contribution is -0.122. The molecule has 0 aliphatic heterocycles. The topological polar surface area (TPSA) is 72.7 Å². The van der Waals surface area contributed by atoms with Crippen LogP contribution >= 0.6 is 0 Å². The summed E-state index contributed by atoms with van der Waals surface area (Å²) in [6.07, 6.45) is 6.60. The van der Waals surface area contributed by atoms with Crippen molar-refractivity contribution in [3.05, 3.63) is 41.2 Å². The van der Waals surface area contributed by atoms with E-state index in [0.29, 0.717) is 0 Å². The number of hydrogen-bond donors (Lipinski definition) is 1. The Morgan fingerprint density at radius 1 is 1.48 bits per heavy atom. The molecule has 0 radical (unpaired) electrons. The summed E-state index contributed by atoms with van der Waals surface area (Å²) in [4.78, 5) is 20.9. The molecule has 2 aromatic heterocycles. The standard InChI is InChI=1S/C15H19N5O/c1-10-6-7-20(19-10)9-15(21)18-14-5-3-4-13-12(14)8-16-11(2)17-13/h6-8,14H,3-5,9H2,1-2H3,(H,18,21). The molecule has 1 aliphatic carbocycles. The highest BCUT2D eigenvalue weighted by Gasteiger charge is 2.23. The van der Waals surface area contributed by atoms with Crippen molar-refractivity contribution in [3.8, 4) is 0 Å². The van der Waals surface area contributed by atoms with Gasteiger partial charge in [-0.15, -0.1) is 0 Å². The van der Waals surface area contributed by atoms with Crippen molar-refractivity contribution < 1.29 is 4.79 Å². The molecule has 0 spiro atoms. The van der Waals surface area contributed by atoms with Gasteiger partial charge in [0.15, 0.2) is 0 Å². The Balaban J connectivity index is 1.70. The average Bonchev–Trinajstić information content (AvgIpc) is 2.83. The highest BCUT2D eigenvalue weighted by molar-refractivity contribution is 5.76. The first kappa shape index (κ1) is 13.7. The van der Waals surface area contributed by atoms with Crippen molar-refractivity contribution in [2.75, 3.05) is 0 Å². The maximum Gasteiger partial charge on any atom is 0.242 e. The zero-order chi connectivity index (χ0) is 14.8. The molecule has 2 aromatic rings. The Bertz CT molecular complexity index is 664. The molecular weight excluding hydrogens is 266 g/mol. The zero-order valence-corrected chi connectivity index (χ0v) is 12.3. The first-order valence-electron chi connectivity index (χ1n) is 7.23. The molecule has 110 valence electrons. The number of carbonyl (C=O) groups is 1. The van der Waals surface area contributed by atoms with Gasteiger partial charge in [-0.1, -0.05) is 0 Å². The first-order chi connectivity index (χ1) is 10.1. The van der Waals surface area contributed by atoms with Gasteiger partial charge in [0.1, 0.15) is 12.4 Å². The molecule has 0 bridgehead atoms. The van der Waals surface area contributed by atoms with Crippen LogP contribution in [0.5, 0.6) is 0 Å². The molecule has 1 unspecified atom stereocenters. The third-order valence-electron chi connectivity index (χ3n) is 3.72. The van der Waals surface area contributed by atoms with Crippen LogP contribution in [0.4, 0.5) is 0 Å². The van der Waals surface area contributed by atoms with Crippen molar-refractivity contribution in [1.29, 1.82) is 0 Å². The van der Waals surface area contributed by atoms with Gasteiger partial charge in [-0.05, 0) is 39.2 Å². The smallest absolute Gasteiger partial charge is 0.242 e. The molecule has 0 aromatic carbocycles. The van der Waals surface area contributed by atoms with E-state index in [0.717, 1.165) is 42.0 Å². The molecule has 1 atom stereocenters. The summed E-state index contributed by atoms with van der Waals surface area (Å²) in [5.41, 5.74) is 3.03. The van der Waals surface area contributed by atoms with E-state index >= 15 is 0 Å². The predicted molar refractivity (Wildman–Crippen MR) is 77.6 cm³/mol. The number of aryl methyl sites for hydroxylation is 3. The minimum atomic E-state index is -0.0310. The second kappa shape index (κ2) is 5.63. The number of amides is 1. The van der Waals surface area contributed by atoms with Gasteiger partial charge >= 0.3 is 0 Å². The van der Waals surface area contributed by atoms with E-state index in [1.165, 1.54) is 0 Å². The number of aromatic nitrogens is 4. The Hall–Kier alpha value is -2.24. The summed E-state index contributed by atoms with van der Waals surface area (Å²) in [6, 6.07) is 1.90. The van der Waals surface area contributed by atoms with Crippen LogP contribution in [0.2, 0.25) is 0 Å². The Morgan fingerprint density at radius 3 is 3.10 bits per heavy atom. The van der Waals surface area contributed by atoms with Crippen LogP contribution in [-0.4, -0.2) is 25.7 Å². The summed E-state index contributed by atoms with van der Waals surface area (Å²) < 4.78 is 1.65. The second-order valence-electron chi connectivity index (χ2n) is 5.49. The lowest BCUT2D eigenvalue weighted by atomic mass is 9.92. The van der Waals surface area contributed by atoms with Gasteiger partial charge < -0.3 is 5.32 Å². The van der Waals surface area contributed by atoms with E-state index in [1.54, 1.807) is 4.68 Å². The van der Waals surface area contributed by atoms with E-state index in [-0.39, 0.29) is 18.5 Å². The fraction of sp³-hybridized carbons (Fsp3) is 0.467. The SMILES string of the molecule is Cc1ccn(CC(=O)NC2CCCc3nc(C)ncc32)n1. The molecule has 0 fully saturated rings. The molecule has 1 N–H and O–H groups in total. The minimum absolute atomic E-state index is 0.0125. The van der Waals surface area contributed by atoms with Crippen molar-refractivity contribution in [2.24, 2.45) is 0 Å². The number of carbonyl (C=O) groups excluding carboxylic acids is 1. The van der Waals surface area contributed by atoms with E-state index in [9.17, 15) is 4.79 Å². The van der Waals surface area contributed by atoms with Crippen molar-refractivity contribution in [1.82, 2.24) is 25.1 Å². The number of hydrogen-bond acceptors (Lipinski definition) is 4. The van der Waals surface area contributed by atoms with Crippen molar-refractivity contribution in [3.63, 3.8) is 0 Å². The van der Waals surface area contributed by atoms with Gasteiger partial charge in [0, 0.05) is 23.7 Å². The Morgan fingerprint density at radius 2 is 2.33 bits per heavy atom. The normalized spacial score (nSPS) is 17.3. The van der Waals surface area contributed by atoms with Crippen molar-refractivity contribution in [2.45, 2.75) is 45.7 Å². The van der Waals surface area contributed by atoms with Crippen LogP contribution in [0.15, 0.2) is 18.5 Å². The molecule has 2 heterocycles. The molecule has 6 nitrogen and oxygen atoms in total. The molecule has 0 saturated carbocycles. The number of rotatable bonds is 3. The van der Waals surface area contributed by atoms with Gasteiger partial charge in [0.2, 0.25) is 5.91 Å². The molecule has 21 heavy (non-hydrogen) atoms. The number of nitrogens with one attached hydrogen (secondary N) is 1. The van der Waals surface area contributed by atoms with Crippen LogP contribution in [0.1, 0.15) is 41.7 Å². The van der Waals surface area contributed by atoms with Crippen molar-refractivity contribution >= 4 is 5.91 Å². The Kier molecular flexibility index (Phi) is 3.68. The third kappa shape index (κ3) is 3.09. The molecule has 0 saturated heterocycles. The van der Waals surface area contributed by atoms with E-state index in [2.05, 4.69) is 20.4 Å². The summed E-state index contributed by atoms with van der Waals surface area (Å²) in [7, 11) is 0. The fourth-order valence-electron chi connectivity index (χ4n) is 2.73. The summed E-state index contributed by atoms with van der Waals surface area (Å²) in [5.74, 6) is 0.754. The van der Waals surface area contributed by atoms with Gasteiger partial charge in [0.25, 0.3) is 0 Å². The highest BCUT2D eigenvalue weighted by atomic mass is 16.2. The molecule has 1 amide bonds. The average molecular weight is 285 g/mol. The quantitative estimate of drug-likeness (QED) is 0.927. The lowest BCUT2D eigenvalue weighted by Gasteiger charge is -2.25. The maximum absolute atomic E-state index is 12.2. The van der Waals surface area contributed by atoms with Gasteiger partial charge in [-0.3, -0.25) is 9.48 Å². The second-order valence-corrected chi connectivity index (χ2v) is 5.49. The maximum atomic E-state index is 12.2. The largest absolute Gasteiger partial charge is 0.348 e. The molecule has 6 heteroatoms. The number of fused-ring (bicyclic) bond motifs is 1. The van der Waals surface area contributed by atoms with Gasteiger partial charge in [-0.2, -0.15) is 5.10 Å². The van der Waals surface area contributed by atoms with Crippen LogP contribution in [0, 0.1) is 13.8 Å². The Labute approximate surface area is 123 Å². The lowest BCUT2D eigenvalue weighted by Crippen LogP contribution is -2.34. The number of nitrogens with zero attached hydrogens (tertiary/aromatic N) is 4. The van der Waals surface area contributed by atoms with E-state index in [4.69, 9.17) is 0 Å². The van der Waals surface area contributed by atoms with Gasteiger partial charge in [-0.25, -0.2) is 9.97 Å². The van der Waals surface area contributed by atoms with E-state index < -0.39 is 0 Å². The summed E-state index contributed by atoms with van der Waals surface area (Å²) in [6.45, 7) is 4.04. The predicted octanol–water partition coefficient (Wildman–Crippen LogP) is 1.48. The fourth-order valence-corrected chi connectivity index (χ4v) is 2.73. The highest BCUT2D eigenvalue weighted by Crippen LogP contribution is 2.27. The minimum Gasteiger partial charge on any atom is -0.348 e. The third-order valence-corrected chi connectivity index (χ3v) is 3.72. The van der Waals surface area contributed by atoms with E-state index in [1.807, 2.05) is 32.3 Å².